The van der Waals surface area contributed by atoms with E-state index in [9.17, 15) is 13.6 Å². The van der Waals surface area contributed by atoms with E-state index in [1.807, 2.05) is 6.92 Å². The van der Waals surface area contributed by atoms with Crippen LogP contribution >= 0.6 is 0 Å². The van der Waals surface area contributed by atoms with Crippen molar-refractivity contribution in [2.45, 2.75) is 32.2 Å². The summed E-state index contributed by atoms with van der Waals surface area (Å²) in [6.45, 7) is 4.88. The quantitative estimate of drug-likeness (QED) is 0.882. The maximum Gasteiger partial charge on any atom is 0.254 e. The molecule has 0 radical (unpaired) electrons. The number of aryl methyl sites for hydroxylation is 1. The molecule has 1 amide bonds. The highest BCUT2D eigenvalue weighted by Crippen LogP contribution is 2.18. The minimum atomic E-state index is -0.829. The van der Waals surface area contributed by atoms with Crippen LogP contribution < -0.4 is 10.6 Å². The molecule has 104 valence electrons. The summed E-state index contributed by atoms with van der Waals surface area (Å²) in [6, 6.07) is 1.99. The third-order valence-corrected chi connectivity index (χ3v) is 3.59. The van der Waals surface area contributed by atoms with E-state index in [2.05, 4.69) is 10.6 Å². The van der Waals surface area contributed by atoms with E-state index in [4.69, 9.17) is 0 Å². The lowest BCUT2D eigenvalue weighted by atomic mass is 10.0. The molecule has 0 spiro atoms. The van der Waals surface area contributed by atoms with Gasteiger partial charge in [0, 0.05) is 18.2 Å². The molecule has 1 fully saturated rings. The molecule has 1 aliphatic rings. The zero-order chi connectivity index (χ0) is 14.0. The second-order valence-electron chi connectivity index (χ2n) is 5.35. The normalized spacial score (nSPS) is 22.5. The van der Waals surface area contributed by atoms with Crippen molar-refractivity contribution < 1.29 is 13.6 Å². The van der Waals surface area contributed by atoms with Gasteiger partial charge in [0.2, 0.25) is 0 Å². The second kappa shape index (κ2) is 5.25. The number of halogens is 2. The first-order valence-electron chi connectivity index (χ1n) is 6.40. The van der Waals surface area contributed by atoms with Crippen LogP contribution in [0.2, 0.25) is 0 Å². The smallest absolute Gasteiger partial charge is 0.254 e. The van der Waals surface area contributed by atoms with E-state index in [1.54, 1.807) is 0 Å². The summed E-state index contributed by atoms with van der Waals surface area (Å²) in [5.74, 6) is -1.97. The molecule has 0 aromatic heterocycles. The van der Waals surface area contributed by atoms with Crippen LogP contribution in [0.5, 0.6) is 0 Å². The molecule has 1 aromatic carbocycles. The van der Waals surface area contributed by atoms with Gasteiger partial charge in [0.25, 0.3) is 5.91 Å². The lowest BCUT2D eigenvalue weighted by Crippen LogP contribution is -2.47. The lowest BCUT2D eigenvalue weighted by Gasteiger charge is -2.24. The van der Waals surface area contributed by atoms with E-state index in [0.29, 0.717) is 6.54 Å². The molecule has 1 atom stereocenters. The van der Waals surface area contributed by atoms with Gasteiger partial charge in [-0.05, 0) is 44.9 Å². The van der Waals surface area contributed by atoms with Crippen molar-refractivity contribution in [3.8, 4) is 0 Å². The molecule has 1 heterocycles. The summed E-state index contributed by atoms with van der Waals surface area (Å²) in [4.78, 5) is 11.9. The van der Waals surface area contributed by atoms with Crippen LogP contribution in [-0.2, 0) is 0 Å². The van der Waals surface area contributed by atoms with Crippen molar-refractivity contribution in [3.63, 3.8) is 0 Å². The molecule has 2 N–H and O–H groups in total. The molecule has 1 aromatic rings. The summed E-state index contributed by atoms with van der Waals surface area (Å²) < 4.78 is 26.7. The average Bonchev–Trinajstić information content (AvgIpc) is 2.78. The molecule has 1 saturated heterocycles. The Kier molecular flexibility index (Phi) is 3.85. The molecule has 0 bridgehead atoms. The maximum absolute atomic E-state index is 13.6. The second-order valence-corrected chi connectivity index (χ2v) is 5.35. The predicted octanol–water partition coefficient (Wildman–Crippen LogP) is 2.15. The lowest BCUT2D eigenvalue weighted by molar-refractivity contribution is 0.0938. The molecular formula is C14H18F2N2O. The fourth-order valence-electron chi connectivity index (χ4n) is 2.31. The largest absolute Gasteiger partial charge is 0.350 e. The molecule has 5 heteroatoms. The summed E-state index contributed by atoms with van der Waals surface area (Å²) in [7, 11) is 0. The monoisotopic (exact) mass is 268 g/mol. The third-order valence-electron chi connectivity index (χ3n) is 3.59. The van der Waals surface area contributed by atoms with Crippen LogP contribution in [0.3, 0.4) is 0 Å². The van der Waals surface area contributed by atoms with Gasteiger partial charge in [-0.2, -0.15) is 0 Å². The van der Waals surface area contributed by atoms with E-state index in [1.165, 1.54) is 13.0 Å². The first-order chi connectivity index (χ1) is 8.91. The van der Waals surface area contributed by atoms with Gasteiger partial charge in [-0.15, -0.1) is 0 Å². The van der Waals surface area contributed by atoms with Gasteiger partial charge in [0.05, 0.1) is 5.56 Å². The minimum Gasteiger partial charge on any atom is -0.350 e. The maximum atomic E-state index is 13.6. The summed E-state index contributed by atoms with van der Waals surface area (Å²) >= 11 is 0. The van der Waals surface area contributed by atoms with Crippen molar-refractivity contribution in [1.82, 2.24) is 10.6 Å². The molecule has 1 unspecified atom stereocenters. The van der Waals surface area contributed by atoms with Crippen LogP contribution in [-0.4, -0.2) is 24.5 Å². The number of carbonyl (C=O) groups excluding carboxylic acids is 1. The standard InChI is InChI=1S/C14H18F2N2O/c1-9-6-10(12(16)7-11(9)15)13(19)17-8-14(2)4-3-5-18-14/h6-7,18H,3-5,8H2,1-2H3,(H,17,19). The Bertz CT molecular complexity index is 496. The van der Waals surface area contributed by atoms with Crippen LogP contribution in [0.1, 0.15) is 35.7 Å². The first-order valence-corrected chi connectivity index (χ1v) is 6.40. The highest BCUT2D eigenvalue weighted by atomic mass is 19.1. The third kappa shape index (κ3) is 3.10. The molecule has 0 saturated carbocycles. The minimum absolute atomic E-state index is 0.111. The number of nitrogens with one attached hydrogen (secondary N) is 2. The SMILES string of the molecule is Cc1cc(C(=O)NCC2(C)CCCN2)c(F)cc1F. The van der Waals surface area contributed by atoms with Crippen molar-refractivity contribution >= 4 is 5.91 Å². The molecule has 1 aliphatic heterocycles. The molecule has 19 heavy (non-hydrogen) atoms. The number of hydrogen-bond acceptors (Lipinski definition) is 2. The number of rotatable bonds is 3. The summed E-state index contributed by atoms with van der Waals surface area (Å²) in [5, 5.41) is 6.01. The first kappa shape index (κ1) is 13.9. The van der Waals surface area contributed by atoms with Crippen LogP contribution in [0, 0.1) is 18.6 Å². The van der Waals surface area contributed by atoms with Gasteiger partial charge in [0.1, 0.15) is 11.6 Å². The summed E-state index contributed by atoms with van der Waals surface area (Å²) in [6.07, 6.45) is 2.04. The van der Waals surface area contributed by atoms with Crippen molar-refractivity contribution in [3.05, 3.63) is 34.9 Å². The zero-order valence-corrected chi connectivity index (χ0v) is 11.1. The highest BCUT2D eigenvalue weighted by molar-refractivity contribution is 5.94. The van der Waals surface area contributed by atoms with Crippen LogP contribution in [0.4, 0.5) is 8.78 Å². The van der Waals surface area contributed by atoms with E-state index >= 15 is 0 Å². The van der Waals surface area contributed by atoms with Crippen molar-refractivity contribution in [2.24, 2.45) is 0 Å². The fourth-order valence-corrected chi connectivity index (χ4v) is 2.31. The Morgan fingerprint density at radius 2 is 2.16 bits per heavy atom. The van der Waals surface area contributed by atoms with Gasteiger partial charge >= 0.3 is 0 Å². The Morgan fingerprint density at radius 1 is 1.42 bits per heavy atom. The zero-order valence-electron chi connectivity index (χ0n) is 11.1. The average molecular weight is 268 g/mol. The topological polar surface area (TPSA) is 41.1 Å². The molecular weight excluding hydrogens is 250 g/mol. The van der Waals surface area contributed by atoms with Crippen molar-refractivity contribution in [2.75, 3.05) is 13.1 Å². The number of carbonyl (C=O) groups is 1. The van der Waals surface area contributed by atoms with Gasteiger partial charge < -0.3 is 10.6 Å². The molecule has 0 aliphatic carbocycles. The van der Waals surface area contributed by atoms with Gasteiger partial charge in [-0.25, -0.2) is 8.78 Å². The predicted molar refractivity (Wildman–Crippen MR) is 69.1 cm³/mol. The number of hydrogen-bond donors (Lipinski definition) is 2. The van der Waals surface area contributed by atoms with E-state index in [0.717, 1.165) is 25.5 Å². The van der Waals surface area contributed by atoms with Crippen LogP contribution in [0.25, 0.3) is 0 Å². The van der Waals surface area contributed by atoms with Crippen molar-refractivity contribution in [1.29, 1.82) is 0 Å². The van der Waals surface area contributed by atoms with E-state index in [-0.39, 0.29) is 16.7 Å². The van der Waals surface area contributed by atoms with Gasteiger partial charge in [0.15, 0.2) is 0 Å². The van der Waals surface area contributed by atoms with Gasteiger partial charge in [-0.1, -0.05) is 0 Å². The Labute approximate surface area is 111 Å². The number of amides is 1. The molecule has 3 nitrogen and oxygen atoms in total. The fraction of sp³-hybridized carbons (Fsp3) is 0.500. The van der Waals surface area contributed by atoms with Gasteiger partial charge in [-0.3, -0.25) is 4.79 Å². The molecule has 2 rings (SSSR count). The Balaban J connectivity index is 2.06. The van der Waals surface area contributed by atoms with E-state index < -0.39 is 17.5 Å². The highest BCUT2D eigenvalue weighted by Gasteiger charge is 2.28. The Hall–Kier alpha value is -1.49. The number of benzene rings is 1. The van der Waals surface area contributed by atoms with Crippen LogP contribution in [0.15, 0.2) is 12.1 Å². The Morgan fingerprint density at radius 3 is 2.79 bits per heavy atom. The summed E-state index contributed by atoms with van der Waals surface area (Å²) in [5.41, 5.74) is 0.0125.